The van der Waals surface area contributed by atoms with E-state index < -0.39 is 5.97 Å². The van der Waals surface area contributed by atoms with Crippen molar-refractivity contribution in [1.29, 1.82) is 5.26 Å². The van der Waals surface area contributed by atoms with Crippen LogP contribution in [0.3, 0.4) is 0 Å². The van der Waals surface area contributed by atoms with Crippen molar-refractivity contribution in [3.8, 4) is 6.07 Å². The smallest absolute Gasteiger partial charge is 0.340 e. The number of aromatic amines is 2. The van der Waals surface area contributed by atoms with Gasteiger partial charge in [0.15, 0.2) is 0 Å². The summed E-state index contributed by atoms with van der Waals surface area (Å²) in [4.78, 5) is 62.3. The number of anilines is 1. The number of H-pyrrole nitrogens is 2. The Morgan fingerprint density at radius 1 is 0.877 bits per heavy atom. The number of aliphatic hydroxyl groups is 1. The van der Waals surface area contributed by atoms with Crippen LogP contribution < -0.4 is 11.1 Å². The maximum Gasteiger partial charge on any atom is 0.340 e. The number of aromatic nitrogens is 8. The number of aliphatic hydroxyl groups excluding tert-OH is 1. The second kappa shape index (κ2) is 21.0. The van der Waals surface area contributed by atoms with Crippen LogP contribution in [0.15, 0.2) is 101 Å². The summed E-state index contributed by atoms with van der Waals surface area (Å²) in [6, 6.07) is 16.9. The van der Waals surface area contributed by atoms with Crippen LogP contribution in [-0.4, -0.2) is 81.7 Å². The van der Waals surface area contributed by atoms with Crippen molar-refractivity contribution in [2.75, 3.05) is 20.0 Å². The zero-order chi connectivity index (χ0) is 46.9. The molecular formula is C45H38Br2ClN11O6. The number of hydrogen-bond donors (Lipinski definition) is 6. The van der Waals surface area contributed by atoms with Crippen LogP contribution in [0.1, 0.15) is 59.0 Å². The van der Waals surface area contributed by atoms with Crippen LogP contribution in [0.2, 0.25) is 5.02 Å². The van der Waals surface area contributed by atoms with E-state index in [9.17, 15) is 19.6 Å². The number of amides is 1. The molecule has 0 bridgehead atoms. The number of halogens is 3. The Balaban J connectivity index is 0.000000196. The number of nitriles is 1. The monoisotopic (exact) mass is 1020 g/mol. The highest BCUT2D eigenvalue weighted by atomic mass is 79.9. The van der Waals surface area contributed by atoms with Gasteiger partial charge in [0, 0.05) is 99.8 Å². The lowest BCUT2D eigenvalue weighted by atomic mass is 10.1. The number of fused-ring (bicyclic) bond motifs is 4. The van der Waals surface area contributed by atoms with E-state index in [0.717, 1.165) is 54.7 Å². The number of nitrogens with two attached hydrogens (primary N) is 1. The minimum Gasteiger partial charge on any atom is -0.478 e. The number of aromatic carboxylic acids is 1. The number of carboxylic acids is 1. The molecule has 0 spiro atoms. The molecule has 7 N–H and O–H groups in total. The zero-order valence-corrected chi connectivity index (χ0v) is 38.9. The number of hydrogen-bond acceptors (Lipinski definition) is 12. The molecule has 0 atom stereocenters. The van der Waals surface area contributed by atoms with E-state index >= 15 is 0 Å². The number of esters is 1. The van der Waals surface area contributed by atoms with Crippen molar-refractivity contribution in [2.45, 2.75) is 26.9 Å². The molecule has 0 aliphatic carbocycles. The van der Waals surface area contributed by atoms with Crippen molar-refractivity contribution < 1.29 is 29.3 Å². The number of benzene rings is 1. The quantitative estimate of drug-likeness (QED) is 0.0820. The molecule has 8 heterocycles. The number of carbonyl (C=O) groups excluding carboxylic acids is 2. The molecule has 0 saturated heterocycles. The van der Waals surface area contributed by atoms with Gasteiger partial charge in [0.1, 0.15) is 28.8 Å². The third kappa shape index (κ3) is 10.9. The lowest BCUT2D eigenvalue weighted by molar-refractivity contribution is 0.0602. The highest BCUT2D eigenvalue weighted by molar-refractivity contribution is 9.10. The number of nitrogens with one attached hydrogen (secondary N) is 3. The molecule has 17 nitrogen and oxygen atoms in total. The summed E-state index contributed by atoms with van der Waals surface area (Å²) in [5, 5.41) is 31.7. The van der Waals surface area contributed by atoms with E-state index in [2.05, 4.69) is 82.9 Å². The summed E-state index contributed by atoms with van der Waals surface area (Å²) in [6.07, 6.45) is 11.2. The first-order chi connectivity index (χ1) is 31.2. The first-order valence-corrected chi connectivity index (χ1v) is 21.1. The fourth-order valence-electron chi connectivity index (χ4n) is 6.81. The molecule has 1 aromatic carbocycles. The Morgan fingerprint density at radius 2 is 1.54 bits per heavy atom. The molecule has 1 amide bonds. The number of aryl methyl sites for hydroxylation is 2. The average molecular weight is 1020 g/mol. The SMILES string of the molecule is CO.COC(=O)c1c[nH]c2ncc(Br)cc12.Cc1cc(N)nc(C)c1CNC(=O)c1cn(Cc2ccc3ncc(Cl)cc3c2)c2ncc(C#N)cc12.O=C(O)c1c[nH]c2ncc(Br)cc12. The van der Waals surface area contributed by atoms with Crippen LogP contribution in [0.25, 0.3) is 44.0 Å². The minimum absolute atomic E-state index is 0.240. The van der Waals surface area contributed by atoms with Crippen LogP contribution in [0.4, 0.5) is 5.82 Å². The molecule has 0 radical (unpaired) electrons. The van der Waals surface area contributed by atoms with Crippen molar-refractivity contribution in [3.05, 3.63) is 151 Å². The summed E-state index contributed by atoms with van der Waals surface area (Å²) in [5.74, 6) is -1.13. The minimum atomic E-state index is -0.953. The second-order valence-electron chi connectivity index (χ2n) is 14.0. The van der Waals surface area contributed by atoms with Crippen molar-refractivity contribution >= 4 is 111 Å². The van der Waals surface area contributed by atoms with Gasteiger partial charge in [0.25, 0.3) is 5.91 Å². The molecule has 20 heteroatoms. The van der Waals surface area contributed by atoms with Gasteiger partial charge in [-0.15, -0.1) is 0 Å². The van der Waals surface area contributed by atoms with Crippen molar-refractivity contribution in [3.63, 3.8) is 0 Å². The van der Waals surface area contributed by atoms with E-state index in [0.29, 0.717) is 68.3 Å². The summed E-state index contributed by atoms with van der Waals surface area (Å²) < 4.78 is 8.14. The number of ether oxygens (including phenoxy) is 1. The van der Waals surface area contributed by atoms with Gasteiger partial charge in [0.05, 0.1) is 39.9 Å². The third-order valence-electron chi connectivity index (χ3n) is 9.78. The molecule has 9 rings (SSSR count). The number of carboxylic acid groups (broad SMARTS) is 1. The summed E-state index contributed by atoms with van der Waals surface area (Å²) in [7, 11) is 2.35. The number of nitrogens with zero attached hydrogens (tertiary/aromatic N) is 7. The Labute approximate surface area is 391 Å². The number of nitrogen functional groups attached to an aromatic ring is 1. The highest BCUT2D eigenvalue weighted by Gasteiger charge is 2.19. The lowest BCUT2D eigenvalue weighted by Crippen LogP contribution is -2.24. The van der Waals surface area contributed by atoms with Crippen LogP contribution in [-0.2, 0) is 17.8 Å². The summed E-state index contributed by atoms with van der Waals surface area (Å²) >= 11 is 12.6. The van der Waals surface area contributed by atoms with Gasteiger partial charge >= 0.3 is 11.9 Å². The van der Waals surface area contributed by atoms with E-state index in [1.165, 1.54) is 19.5 Å². The molecule has 8 aromatic heterocycles. The van der Waals surface area contributed by atoms with Gasteiger partial charge in [-0.25, -0.2) is 29.5 Å². The topological polar surface area (TPSA) is 264 Å². The van der Waals surface area contributed by atoms with Gasteiger partial charge in [-0.2, -0.15) is 5.26 Å². The first kappa shape index (κ1) is 47.2. The number of carbonyl (C=O) groups is 3. The molecule has 0 aliphatic heterocycles. The van der Waals surface area contributed by atoms with Gasteiger partial charge in [-0.05, 0) is 105 Å². The van der Waals surface area contributed by atoms with E-state index in [1.54, 1.807) is 49.2 Å². The molecule has 0 saturated carbocycles. The molecule has 0 fully saturated rings. The zero-order valence-electron chi connectivity index (χ0n) is 34.9. The van der Waals surface area contributed by atoms with Crippen molar-refractivity contribution in [1.82, 2.24) is 44.8 Å². The van der Waals surface area contributed by atoms with Gasteiger partial charge < -0.3 is 40.5 Å². The molecule has 9 aromatic rings. The average Bonchev–Trinajstić information content (AvgIpc) is 4.01. The molecule has 330 valence electrons. The second-order valence-corrected chi connectivity index (χ2v) is 16.2. The Kier molecular flexibility index (Phi) is 15.2. The van der Waals surface area contributed by atoms with Gasteiger partial charge in [-0.3, -0.25) is 9.78 Å². The van der Waals surface area contributed by atoms with Crippen LogP contribution in [0, 0.1) is 25.2 Å². The molecule has 0 aliphatic rings. The van der Waals surface area contributed by atoms with Crippen molar-refractivity contribution in [2.24, 2.45) is 0 Å². The Hall–Kier alpha value is -7.24. The Bertz CT molecular complexity index is 3270. The van der Waals surface area contributed by atoms with Crippen LogP contribution >= 0.6 is 43.5 Å². The summed E-state index contributed by atoms with van der Waals surface area (Å²) in [5.41, 5.74) is 13.8. The fourth-order valence-corrected chi connectivity index (χ4v) is 7.64. The van der Waals surface area contributed by atoms with E-state index in [1.807, 2.05) is 48.7 Å². The fraction of sp³-hybridized carbons (Fsp3) is 0.133. The van der Waals surface area contributed by atoms with E-state index in [-0.39, 0.29) is 17.4 Å². The first-order valence-electron chi connectivity index (χ1n) is 19.2. The Morgan fingerprint density at radius 3 is 2.17 bits per heavy atom. The highest BCUT2D eigenvalue weighted by Crippen LogP contribution is 2.26. The number of methoxy groups -OCH3 is 1. The predicted molar refractivity (Wildman–Crippen MR) is 254 cm³/mol. The standard InChI is InChI=1S/C27H22ClN7O.C9H7BrN2O2.C8H5BrN2O2.CH4O/c1-15-5-25(30)34-16(2)22(15)12-33-27(36)23-14-35(26-21(23)7-18(9-29)10-32-26)13-17-3-4-24-19(6-17)8-20(28)11-31-24;1-14-9(13)7-4-12-8-6(7)2-5(10)3-11-8;9-4-1-5-6(8(12)13)3-11-7(5)10-2-4;1-2/h3-8,10-11,14H,12-13H2,1-2H3,(H2,30,34)(H,33,36);2-4H,1H3,(H,11,12);1-3H,(H,10,11)(H,12,13);2H,1H3. The maximum atomic E-state index is 13.3. The number of rotatable bonds is 7. The van der Waals surface area contributed by atoms with Gasteiger partial charge in [0.2, 0.25) is 0 Å². The summed E-state index contributed by atoms with van der Waals surface area (Å²) in [6.45, 7) is 4.59. The molecule has 0 unspecified atom stereocenters. The third-order valence-corrected chi connectivity index (χ3v) is 10.9. The van der Waals surface area contributed by atoms with Crippen LogP contribution in [0.5, 0.6) is 0 Å². The predicted octanol–water partition coefficient (Wildman–Crippen LogP) is 8.43. The molecular weight excluding hydrogens is 986 g/mol. The number of pyridine rings is 5. The van der Waals surface area contributed by atoms with E-state index in [4.69, 9.17) is 27.5 Å². The molecule has 65 heavy (non-hydrogen) atoms. The lowest BCUT2D eigenvalue weighted by Gasteiger charge is -2.11. The normalized spacial score (nSPS) is 10.6. The van der Waals surface area contributed by atoms with Gasteiger partial charge in [-0.1, -0.05) is 17.7 Å². The maximum absolute atomic E-state index is 13.3. The largest absolute Gasteiger partial charge is 0.478 e.